The van der Waals surface area contributed by atoms with E-state index in [4.69, 9.17) is 5.73 Å². The fraction of sp³-hybridized carbons (Fsp3) is 0.765. The van der Waals surface area contributed by atoms with Gasteiger partial charge >= 0.3 is 0 Å². The van der Waals surface area contributed by atoms with Gasteiger partial charge in [0.25, 0.3) is 0 Å². The highest BCUT2D eigenvalue weighted by Crippen LogP contribution is 2.32. The SMILES string of the molecule is Cc1nn(C)cc1CN1CCC(C(N)=O)(N2CCCCC2)CC1. The maximum Gasteiger partial charge on any atom is 0.238 e. The van der Waals surface area contributed by atoms with E-state index in [0.717, 1.165) is 51.3 Å². The summed E-state index contributed by atoms with van der Waals surface area (Å²) >= 11 is 0. The third-order valence-corrected chi connectivity index (χ3v) is 5.61. The predicted octanol–water partition coefficient (Wildman–Crippen LogP) is 1.03. The minimum Gasteiger partial charge on any atom is -0.368 e. The van der Waals surface area contributed by atoms with Crippen LogP contribution in [-0.4, -0.2) is 57.2 Å². The molecule has 3 rings (SSSR count). The van der Waals surface area contributed by atoms with Crippen LogP contribution in [-0.2, 0) is 18.4 Å². The van der Waals surface area contributed by atoms with Gasteiger partial charge in [-0.3, -0.25) is 19.3 Å². The largest absolute Gasteiger partial charge is 0.368 e. The number of piperidine rings is 2. The summed E-state index contributed by atoms with van der Waals surface area (Å²) in [7, 11) is 1.96. The van der Waals surface area contributed by atoms with Gasteiger partial charge in [-0.2, -0.15) is 5.10 Å². The standard InChI is InChI=1S/C17H29N5O/c1-14-15(12-20(2)19-14)13-21-10-6-17(7-11-21,16(18)23)22-8-4-3-5-9-22/h12H,3-11,13H2,1-2H3,(H2,18,23). The summed E-state index contributed by atoms with van der Waals surface area (Å²) in [5.41, 5.74) is 7.80. The first-order valence-corrected chi connectivity index (χ1v) is 8.78. The molecular weight excluding hydrogens is 290 g/mol. The van der Waals surface area contributed by atoms with Crippen LogP contribution in [0.25, 0.3) is 0 Å². The van der Waals surface area contributed by atoms with Crippen molar-refractivity contribution in [2.75, 3.05) is 26.2 Å². The molecule has 0 unspecified atom stereocenters. The number of primary amides is 1. The number of amides is 1. The Hall–Kier alpha value is -1.40. The van der Waals surface area contributed by atoms with Gasteiger partial charge in [0.15, 0.2) is 0 Å². The molecule has 23 heavy (non-hydrogen) atoms. The number of hydrogen-bond donors (Lipinski definition) is 1. The average Bonchev–Trinajstić information content (AvgIpc) is 2.86. The van der Waals surface area contributed by atoms with Crippen molar-refractivity contribution in [2.24, 2.45) is 12.8 Å². The molecule has 2 fully saturated rings. The lowest BCUT2D eigenvalue weighted by molar-refractivity contribution is -0.135. The Labute approximate surface area is 138 Å². The molecule has 0 saturated carbocycles. The Kier molecular flexibility index (Phi) is 4.73. The molecule has 3 heterocycles. The van der Waals surface area contributed by atoms with Gasteiger partial charge in [-0.25, -0.2) is 0 Å². The highest BCUT2D eigenvalue weighted by Gasteiger charge is 2.45. The van der Waals surface area contributed by atoms with Gasteiger partial charge in [0.05, 0.1) is 5.69 Å². The molecule has 128 valence electrons. The van der Waals surface area contributed by atoms with E-state index in [2.05, 4.69) is 28.0 Å². The molecule has 2 aliphatic heterocycles. The number of nitrogens with two attached hydrogens (primary N) is 1. The number of rotatable bonds is 4. The first-order valence-electron chi connectivity index (χ1n) is 8.78. The van der Waals surface area contributed by atoms with Gasteiger partial charge in [-0.05, 0) is 45.7 Å². The maximum atomic E-state index is 12.2. The van der Waals surface area contributed by atoms with Crippen molar-refractivity contribution in [3.63, 3.8) is 0 Å². The van der Waals surface area contributed by atoms with Crippen LogP contribution in [0, 0.1) is 6.92 Å². The average molecular weight is 319 g/mol. The van der Waals surface area contributed by atoms with Crippen LogP contribution < -0.4 is 5.73 Å². The van der Waals surface area contributed by atoms with Gasteiger partial charge in [0, 0.05) is 38.4 Å². The summed E-state index contributed by atoms with van der Waals surface area (Å²) in [5, 5.41) is 4.41. The molecule has 0 aliphatic carbocycles. The molecule has 0 aromatic carbocycles. The normalized spacial score (nSPS) is 23.0. The quantitative estimate of drug-likeness (QED) is 0.900. The highest BCUT2D eigenvalue weighted by atomic mass is 16.1. The van der Waals surface area contributed by atoms with E-state index < -0.39 is 5.54 Å². The van der Waals surface area contributed by atoms with Crippen molar-refractivity contribution in [2.45, 2.75) is 51.1 Å². The Balaban J connectivity index is 1.65. The zero-order valence-electron chi connectivity index (χ0n) is 14.4. The monoisotopic (exact) mass is 319 g/mol. The van der Waals surface area contributed by atoms with E-state index in [-0.39, 0.29) is 5.91 Å². The van der Waals surface area contributed by atoms with Crippen molar-refractivity contribution in [1.82, 2.24) is 19.6 Å². The Morgan fingerprint density at radius 3 is 2.39 bits per heavy atom. The zero-order chi connectivity index (χ0) is 16.4. The molecule has 2 N–H and O–H groups in total. The van der Waals surface area contributed by atoms with E-state index in [1.54, 1.807) is 0 Å². The van der Waals surface area contributed by atoms with Crippen molar-refractivity contribution >= 4 is 5.91 Å². The van der Waals surface area contributed by atoms with Crippen LogP contribution in [0.5, 0.6) is 0 Å². The van der Waals surface area contributed by atoms with E-state index in [9.17, 15) is 4.79 Å². The minimum absolute atomic E-state index is 0.128. The van der Waals surface area contributed by atoms with E-state index in [0.29, 0.717) is 0 Å². The lowest BCUT2D eigenvalue weighted by Crippen LogP contribution is -2.63. The summed E-state index contributed by atoms with van der Waals surface area (Å²) in [6.45, 7) is 6.85. The van der Waals surface area contributed by atoms with Crippen molar-refractivity contribution in [3.05, 3.63) is 17.5 Å². The fourth-order valence-corrected chi connectivity index (χ4v) is 4.17. The molecule has 0 atom stereocenters. The molecule has 1 aromatic heterocycles. The molecule has 1 amide bonds. The Morgan fingerprint density at radius 2 is 1.87 bits per heavy atom. The van der Waals surface area contributed by atoms with E-state index >= 15 is 0 Å². The first-order chi connectivity index (χ1) is 11.0. The van der Waals surface area contributed by atoms with Crippen LogP contribution in [0.15, 0.2) is 6.20 Å². The molecule has 6 heteroatoms. The molecule has 2 aliphatic rings. The van der Waals surface area contributed by atoms with Crippen LogP contribution in [0.3, 0.4) is 0 Å². The number of aromatic nitrogens is 2. The topological polar surface area (TPSA) is 67.4 Å². The zero-order valence-corrected chi connectivity index (χ0v) is 14.4. The molecule has 0 radical (unpaired) electrons. The second-order valence-corrected chi connectivity index (χ2v) is 7.13. The van der Waals surface area contributed by atoms with Crippen LogP contribution in [0.1, 0.15) is 43.4 Å². The summed E-state index contributed by atoms with van der Waals surface area (Å²) in [6, 6.07) is 0. The van der Waals surface area contributed by atoms with Crippen molar-refractivity contribution < 1.29 is 4.79 Å². The molecule has 6 nitrogen and oxygen atoms in total. The van der Waals surface area contributed by atoms with Crippen molar-refractivity contribution in [3.8, 4) is 0 Å². The van der Waals surface area contributed by atoms with Crippen molar-refractivity contribution in [1.29, 1.82) is 0 Å². The maximum absolute atomic E-state index is 12.2. The predicted molar refractivity (Wildman–Crippen MR) is 89.8 cm³/mol. The summed E-state index contributed by atoms with van der Waals surface area (Å²) in [6.07, 6.45) is 7.44. The third kappa shape index (κ3) is 3.28. The van der Waals surface area contributed by atoms with E-state index in [1.165, 1.54) is 24.8 Å². The number of hydrogen-bond acceptors (Lipinski definition) is 4. The van der Waals surface area contributed by atoms with Gasteiger partial charge < -0.3 is 5.73 Å². The van der Waals surface area contributed by atoms with Gasteiger partial charge in [0.1, 0.15) is 5.54 Å². The van der Waals surface area contributed by atoms with Crippen LogP contribution in [0.4, 0.5) is 0 Å². The Bertz CT molecular complexity index is 553. The second kappa shape index (κ2) is 6.61. The first kappa shape index (κ1) is 16.5. The van der Waals surface area contributed by atoms with Gasteiger partial charge in [0.2, 0.25) is 5.91 Å². The highest BCUT2D eigenvalue weighted by molar-refractivity contribution is 5.84. The lowest BCUT2D eigenvalue weighted by atomic mass is 9.83. The molecular formula is C17H29N5O. The summed E-state index contributed by atoms with van der Waals surface area (Å²) in [5.74, 6) is -0.128. The molecule has 0 spiro atoms. The minimum atomic E-state index is -0.416. The third-order valence-electron chi connectivity index (χ3n) is 5.61. The second-order valence-electron chi connectivity index (χ2n) is 7.13. The summed E-state index contributed by atoms with van der Waals surface area (Å²) in [4.78, 5) is 17.0. The number of likely N-dealkylation sites (tertiary alicyclic amines) is 2. The van der Waals surface area contributed by atoms with Crippen LogP contribution in [0.2, 0.25) is 0 Å². The van der Waals surface area contributed by atoms with E-state index in [1.807, 2.05) is 11.7 Å². The number of carbonyl (C=O) groups excluding carboxylic acids is 1. The number of carbonyl (C=O) groups is 1. The molecule has 0 bridgehead atoms. The Morgan fingerprint density at radius 1 is 1.22 bits per heavy atom. The van der Waals surface area contributed by atoms with Gasteiger partial charge in [-0.1, -0.05) is 6.42 Å². The van der Waals surface area contributed by atoms with Crippen LogP contribution >= 0.6 is 0 Å². The number of nitrogens with zero attached hydrogens (tertiary/aromatic N) is 4. The smallest absolute Gasteiger partial charge is 0.238 e. The molecule has 1 aromatic rings. The molecule has 2 saturated heterocycles. The lowest BCUT2D eigenvalue weighted by Gasteiger charge is -2.48. The fourth-order valence-electron chi connectivity index (χ4n) is 4.17. The summed E-state index contributed by atoms with van der Waals surface area (Å²) < 4.78 is 1.87. The van der Waals surface area contributed by atoms with Gasteiger partial charge in [-0.15, -0.1) is 0 Å². The number of aryl methyl sites for hydroxylation is 2.